The van der Waals surface area contributed by atoms with E-state index < -0.39 is 35.2 Å². The molecule has 32 heavy (non-hydrogen) atoms. The van der Waals surface area contributed by atoms with Crippen molar-refractivity contribution in [2.75, 3.05) is 23.7 Å². The van der Waals surface area contributed by atoms with Crippen molar-refractivity contribution < 1.29 is 22.7 Å². The number of nitrogens with one attached hydrogen (secondary N) is 1. The van der Waals surface area contributed by atoms with Gasteiger partial charge in [0.15, 0.2) is 0 Å². The summed E-state index contributed by atoms with van der Waals surface area (Å²) in [5, 5.41) is 2.72. The van der Waals surface area contributed by atoms with Crippen molar-refractivity contribution in [2.24, 2.45) is 18.4 Å². The van der Waals surface area contributed by atoms with Gasteiger partial charge in [0.25, 0.3) is 5.56 Å². The average molecular weight is 571 g/mol. The van der Waals surface area contributed by atoms with E-state index >= 15 is 0 Å². The Morgan fingerprint density at radius 2 is 1.88 bits per heavy atom. The molecule has 3 rings (SSSR count). The summed E-state index contributed by atoms with van der Waals surface area (Å²) in [6, 6.07) is -0.648. The third-order valence-corrected chi connectivity index (χ3v) is 7.36. The number of hydrogen-bond acceptors (Lipinski definition) is 6. The van der Waals surface area contributed by atoms with E-state index in [1.54, 1.807) is 27.8 Å². The second-order valence-electron chi connectivity index (χ2n) is 9.70. The minimum absolute atomic E-state index is 0.0496. The fraction of sp³-hybridized carbons (Fsp3) is 0.750. The zero-order valence-electron chi connectivity index (χ0n) is 18.6. The predicted molar refractivity (Wildman–Crippen MR) is 122 cm³/mol. The lowest BCUT2D eigenvalue weighted by Gasteiger charge is -2.44. The van der Waals surface area contributed by atoms with E-state index in [2.05, 4.69) is 10.3 Å². The summed E-state index contributed by atoms with van der Waals surface area (Å²) in [5.74, 6) is -0.957. The lowest BCUT2D eigenvalue weighted by molar-refractivity contribution is -0.175. The maximum Gasteiger partial charge on any atom is 0.407 e. The largest absolute Gasteiger partial charge is 0.444 e. The molecule has 1 aliphatic heterocycles. The lowest BCUT2D eigenvalue weighted by atomic mass is 9.73. The number of rotatable bonds is 2. The Morgan fingerprint density at radius 1 is 1.28 bits per heavy atom. The number of nitrogens with zero attached hydrogens (tertiary/aromatic N) is 3. The topological polar surface area (TPSA) is 102 Å². The van der Waals surface area contributed by atoms with Gasteiger partial charge in [-0.3, -0.25) is 9.36 Å². The molecule has 1 spiro atoms. The number of nitrogens with two attached hydrogens (primary N) is 1. The van der Waals surface area contributed by atoms with Gasteiger partial charge in [0, 0.05) is 26.2 Å². The van der Waals surface area contributed by atoms with Crippen LogP contribution in [-0.4, -0.2) is 46.6 Å². The lowest BCUT2D eigenvalue weighted by Crippen LogP contribution is -2.51. The monoisotopic (exact) mass is 571 g/mol. The highest BCUT2D eigenvalue weighted by molar-refractivity contribution is 14.1. The number of aromatic nitrogens is 2. The molecule has 2 heterocycles. The SMILES string of the molecule is Cn1c(N2CCC3(CC2)C[C@H](C(F)(F)F)C[C@H]3NC(=O)OC(C)(C)C)nc(N)c(I)c1=O. The summed E-state index contributed by atoms with van der Waals surface area (Å²) in [6.45, 7) is 5.92. The van der Waals surface area contributed by atoms with Crippen LogP contribution in [0.3, 0.4) is 0 Å². The smallest absolute Gasteiger partial charge is 0.407 e. The first-order valence-electron chi connectivity index (χ1n) is 10.5. The molecule has 2 fully saturated rings. The Bertz CT molecular complexity index is 936. The summed E-state index contributed by atoms with van der Waals surface area (Å²) in [7, 11) is 1.60. The van der Waals surface area contributed by atoms with E-state index in [9.17, 15) is 22.8 Å². The Balaban J connectivity index is 1.81. The standard InChI is InChI=1S/C20H29F3IN5O3/c1-18(2,3)32-17(31)26-12-9-11(20(21,22)23)10-19(12)5-7-29(8-6-19)16-27-14(25)13(24)15(30)28(16)4/h11-12H,5-10,25H2,1-4H3,(H,26,31)/t11-,12-/m1/s1. The van der Waals surface area contributed by atoms with E-state index in [0.29, 0.717) is 35.4 Å². The van der Waals surface area contributed by atoms with Crippen LogP contribution in [-0.2, 0) is 11.8 Å². The van der Waals surface area contributed by atoms with Crippen LogP contribution in [0.2, 0.25) is 0 Å². The Morgan fingerprint density at radius 3 is 2.41 bits per heavy atom. The van der Waals surface area contributed by atoms with Gasteiger partial charge in [0.1, 0.15) is 15.0 Å². The van der Waals surface area contributed by atoms with Crippen LogP contribution in [0.25, 0.3) is 0 Å². The molecule has 0 unspecified atom stereocenters. The Kier molecular flexibility index (Phi) is 6.66. The number of piperidine rings is 1. The summed E-state index contributed by atoms with van der Waals surface area (Å²) in [6.07, 6.45) is -4.42. The van der Waals surface area contributed by atoms with Gasteiger partial charge in [-0.05, 0) is 74.5 Å². The summed E-state index contributed by atoms with van der Waals surface area (Å²) in [4.78, 5) is 30.9. The van der Waals surface area contributed by atoms with Crippen LogP contribution < -0.4 is 21.5 Å². The summed E-state index contributed by atoms with van der Waals surface area (Å²) < 4.78 is 47.8. The first-order chi connectivity index (χ1) is 14.6. The number of ether oxygens (including phenoxy) is 1. The molecule has 2 atom stereocenters. The zero-order valence-corrected chi connectivity index (χ0v) is 20.7. The van der Waals surface area contributed by atoms with Crippen LogP contribution in [0.1, 0.15) is 46.5 Å². The second-order valence-corrected chi connectivity index (χ2v) is 10.8. The number of carbonyl (C=O) groups is 1. The van der Waals surface area contributed by atoms with Gasteiger partial charge in [-0.15, -0.1) is 0 Å². The molecule has 1 aromatic heterocycles. The van der Waals surface area contributed by atoms with Gasteiger partial charge in [0.2, 0.25) is 5.95 Å². The molecule has 2 aliphatic rings. The molecule has 0 radical (unpaired) electrons. The average Bonchev–Trinajstić information content (AvgIpc) is 3.00. The molecule has 1 aliphatic carbocycles. The molecule has 180 valence electrons. The van der Waals surface area contributed by atoms with Crippen molar-refractivity contribution in [1.29, 1.82) is 0 Å². The fourth-order valence-electron chi connectivity index (χ4n) is 4.73. The number of halogens is 4. The highest BCUT2D eigenvalue weighted by Crippen LogP contribution is 2.53. The van der Waals surface area contributed by atoms with Crippen LogP contribution in [0.4, 0.5) is 29.7 Å². The van der Waals surface area contributed by atoms with Crippen LogP contribution in [0.15, 0.2) is 4.79 Å². The number of hydrogen-bond donors (Lipinski definition) is 2. The van der Waals surface area contributed by atoms with E-state index in [4.69, 9.17) is 10.5 Å². The maximum atomic E-state index is 13.6. The molecule has 8 nitrogen and oxygen atoms in total. The first-order valence-corrected chi connectivity index (χ1v) is 11.5. The minimum atomic E-state index is -4.33. The zero-order chi connectivity index (χ0) is 24.1. The number of nitrogen functional groups attached to an aromatic ring is 1. The minimum Gasteiger partial charge on any atom is -0.444 e. The number of carbonyl (C=O) groups excluding carboxylic acids is 1. The number of anilines is 2. The number of alkyl halides is 3. The molecule has 0 aromatic carbocycles. The molecule has 3 N–H and O–H groups in total. The third kappa shape index (κ3) is 5.09. The predicted octanol–water partition coefficient (Wildman–Crippen LogP) is 3.42. The summed E-state index contributed by atoms with van der Waals surface area (Å²) in [5.41, 5.74) is 4.14. The number of amides is 1. The van der Waals surface area contributed by atoms with Gasteiger partial charge >= 0.3 is 12.3 Å². The number of alkyl carbamates (subject to hydrolysis) is 1. The van der Waals surface area contributed by atoms with Crippen LogP contribution >= 0.6 is 22.6 Å². The highest BCUT2D eigenvalue weighted by Gasteiger charge is 2.56. The molecular weight excluding hydrogens is 542 g/mol. The molecule has 1 aromatic rings. The Hall–Kier alpha value is -1.73. The van der Waals surface area contributed by atoms with Crippen molar-refractivity contribution in [1.82, 2.24) is 14.9 Å². The quantitative estimate of drug-likeness (QED) is 0.528. The van der Waals surface area contributed by atoms with E-state index in [1.165, 1.54) is 4.57 Å². The van der Waals surface area contributed by atoms with Gasteiger partial charge in [-0.25, -0.2) is 4.79 Å². The van der Waals surface area contributed by atoms with Gasteiger partial charge in [-0.1, -0.05) is 0 Å². The molecular formula is C20H29F3IN5O3. The molecule has 1 saturated carbocycles. The van der Waals surface area contributed by atoms with E-state index in [0.717, 1.165) is 0 Å². The maximum absolute atomic E-state index is 13.6. The second kappa shape index (κ2) is 8.56. The normalized spacial score (nSPS) is 23.4. The van der Waals surface area contributed by atoms with Gasteiger partial charge in [0.05, 0.1) is 5.92 Å². The fourth-order valence-corrected chi connectivity index (χ4v) is 5.21. The van der Waals surface area contributed by atoms with E-state index in [-0.39, 0.29) is 24.2 Å². The van der Waals surface area contributed by atoms with Crippen LogP contribution in [0, 0.1) is 14.9 Å². The molecule has 1 amide bonds. The Labute approximate surface area is 198 Å². The van der Waals surface area contributed by atoms with Gasteiger partial charge in [-0.2, -0.15) is 18.2 Å². The van der Waals surface area contributed by atoms with Crippen molar-refractivity contribution in [3.8, 4) is 0 Å². The molecule has 1 saturated heterocycles. The van der Waals surface area contributed by atoms with Crippen molar-refractivity contribution >= 4 is 40.5 Å². The summed E-state index contributed by atoms with van der Waals surface area (Å²) >= 11 is 1.84. The van der Waals surface area contributed by atoms with Crippen molar-refractivity contribution in [2.45, 2.75) is 64.3 Å². The third-order valence-electron chi connectivity index (χ3n) is 6.35. The molecule has 0 bridgehead atoms. The van der Waals surface area contributed by atoms with Gasteiger partial charge < -0.3 is 20.7 Å². The van der Waals surface area contributed by atoms with E-state index in [1.807, 2.05) is 27.5 Å². The van der Waals surface area contributed by atoms with Crippen molar-refractivity contribution in [3.05, 3.63) is 13.9 Å². The first kappa shape index (κ1) is 24.9. The van der Waals surface area contributed by atoms with Crippen molar-refractivity contribution in [3.63, 3.8) is 0 Å². The van der Waals surface area contributed by atoms with Crippen LogP contribution in [0.5, 0.6) is 0 Å². The highest BCUT2D eigenvalue weighted by atomic mass is 127. The molecule has 12 heteroatoms.